The molecule has 0 saturated carbocycles. The first-order chi connectivity index (χ1) is 8.99. The van der Waals surface area contributed by atoms with Crippen molar-refractivity contribution in [3.63, 3.8) is 0 Å². The summed E-state index contributed by atoms with van der Waals surface area (Å²) in [4.78, 5) is 11.8. The highest BCUT2D eigenvalue weighted by molar-refractivity contribution is 6.30. The Kier molecular flexibility index (Phi) is 5.90. The average Bonchev–Trinajstić information content (AvgIpc) is 2.37. The molecule has 1 atom stereocenters. The number of hydrogen-bond donors (Lipinski definition) is 1. The lowest BCUT2D eigenvalue weighted by Gasteiger charge is -2.14. The van der Waals surface area contributed by atoms with Gasteiger partial charge in [0.15, 0.2) is 6.10 Å². The summed E-state index contributed by atoms with van der Waals surface area (Å²) in [6.45, 7) is 8.85. The number of hydrogen-bond acceptors (Lipinski definition) is 2. The monoisotopic (exact) mass is 277 g/mol. The van der Waals surface area contributed by atoms with Gasteiger partial charge in [-0.3, -0.25) is 4.79 Å². The third-order valence-corrected chi connectivity index (χ3v) is 2.30. The Labute approximate surface area is 118 Å². The minimum absolute atomic E-state index is 0.279. The lowest BCUT2D eigenvalue weighted by atomic mass is 10.3. The van der Waals surface area contributed by atoms with E-state index in [-0.39, 0.29) is 5.91 Å². The van der Waals surface area contributed by atoms with Crippen LogP contribution in [0, 0.1) is 0 Å². The Balaban J connectivity index is 2.49. The van der Waals surface area contributed by atoms with Crippen molar-refractivity contribution in [1.82, 2.24) is 5.32 Å². The zero-order chi connectivity index (χ0) is 14.3. The van der Waals surface area contributed by atoms with Crippen molar-refractivity contribution < 1.29 is 9.53 Å². The molecule has 0 aromatic heterocycles. The molecule has 3 nitrogen and oxygen atoms in total. The molecule has 0 bridgehead atoms. The van der Waals surface area contributed by atoms with E-state index in [1.54, 1.807) is 31.2 Å². The molecule has 1 N–H and O–H groups in total. The summed E-state index contributed by atoms with van der Waals surface area (Å²) in [5.41, 5.74) is 0.426. The van der Waals surface area contributed by atoms with E-state index in [1.165, 1.54) is 0 Å². The van der Waals surface area contributed by atoms with Gasteiger partial charge < -0.3 is 10.1 Å². The molecule has 0 saturated heterocycles. The van der Waals surface area contributed by atoms with Gasteiger partial charge in [-0.1, -0.05) is 43.0 Å². The van der Waals surface area contributed by atoms with Gasteiger partial charge in [-0.2, -0.15) is 0 Å². The normalized spacial score (nSPS) is 11.9. The Morgan fingerprint density at radius 2 is 1.95 bits per heavy atom. The van der Waals surface area contributed by atoms with Crippen molar-refractivity contribution in [1.29, 1.82) is 0 Å². The number of carbonyl (C=O) groups excluding carboxylic acids is 1. The fourth-order valence-corrected chi connectivity index (χ4v) is 1.31. The Hall–Kier alpha value is -2.00. The SMILES string of the molecule is C=C(Cl)/C=C\C(=C)NC(=O)C(C)Oc1ccccc1. The van der Waals surface area contributed by atoms with Gasteiger partial charge in [0.05, 0.1) is 0 Å². The summed E-state index contributed by atoms with van der Waals surface area (Å²) in [6.07, 6.45) is 2.50. The third kappa shape index (κ3) is 5.93. The van der Waals surface area contributed by atoms with Crippen LogP contribution in [0.3, 0.4) is 0 Å². The van der Waals surface area contributed by atoms with Crippen LogP contribution in [0.1, 0.15) is 6.92 Å². The second kappa shape index (κ2) is 7.44. The van der Waals surface area contributed by atoms with Crippen LogP contribution in [0.15, 0.2) is 66.4 Å². The van der Waals surface area contributed by atoms with Crippen LogP contribution in [0.25, 0.3) is 0 Å². The van der Waals surface area contributed by atoms with Gasteiger partial charge in [-0.15, -0.1) is 0 Å². The zero-order valence-corrected chi connectivity index (χ0v) is 11.5. The van der Waals surface area contributed by atoms with Crippen LogP contribution < -0.4 is 10.1 Å². The second-order valence-electron chi connectivity index (χ2n) is 3.87. The first kappa shape index (κ1) is 15.1. The predicted molar refractivity (Wildman–Crippen MR) is 77.9 cm³/mol. The molecule has 0 spiro atoms. The molecule has 100 valence electrons. The summed E-state index contributed by atoms with van der Waals surface area (Å²) in [6, 6.07) is 9.14. The van der Waals surface area contributed by atoms with Crippen LogP contribution in [0.2, 0.25) is 0 Å². The summed E-state index contributed by atoms with van der Waals surface area (Å²) in [5.74, 6) is 0.360. The van der Waals surface area contributed by atoms with E-state index in [0.717, 1.165) is 0 Å². The van der Waals surface area contributed by atoms with Crippen molar-refractivity contribution in [2.75, 3.05) is 0 Å². The van der Waals surface area contributed by atoms with Crippen molar-refractivity contribution in [3.05, 3.63) is 66.4 Å². The van der Waals surface area contributed by atoms with Gasteiger partial charge in [0.2, 0.25) is 0 Å². The molecule has 0 aliphatic carbocycles. The van der Waals surface area contributed by atoms with Gasteiger partial charge in [0.25, 0.3) is 5.91 Å². The first-order valence-corrected chi connectivity index (χ1v) is 6.11. The van der Waals surface area contributed by atoms with Crippen LogP contribution in [0.4, 0.5) is 0 Å². The summed E-state index contributed by atoms with van der Waals surface area (Å²) < 4.78 is 5.48. The number of para-hydroxylation sites is 1. The fourth-order valence-electron chi connectivity index (χ4n) is 1.25. The molecule has 0 radical (unpaired) electrons. The number of nitrogens with one attached hydrogen (secondary N) is 1. The molecule has 1 unspecified atom stereocenters. The van der Waals surface area contributed by atoms with E-state index < -0.39 is 6.10 Å². The number of benzene rings is 1. The Bertz CT molecular complexity index is 494. The third-order valence-electron chi connectivity index (χ3n) is 2.17. The van der Waals surface area contributed by atoms with Crippen LogP contribution in [0.5, 0.6) is 5.75 Å². The van der Waals surface area contributed by atoms with Crippen LogP contribution in [-0.4, -0.2) is 12.0 Å². The Morgan fingerprint density at radius 1 is 1.32 bits per heavy atom. The average molecular weight is 278 g/mol. The standard InChI is InChI=1S/C15H16ClNO2/c1-11(16)9-10-12(2)17-15(18)13(3)19-14-7-5-4-6-8-14/h4-10,13H,1-2H2,3H3,(H,17,18)/b10-9-. The minimum atomic E-state index is -0.619. The maximum absolute atomic E-state index is 11.8. The number of ether oxygens (including phenoxy) is 1. The van der Waals surface area contributed by atoms with E-state index in [4.69, 9.17) is 16.3 Å². The smallest absolute Gasteiger partial charge is 0.265 e. The van der Waals surface area contributed by atoms with Gasteiger partial charge in [0, 0.05) is 10.7 Å². The topological polar surface area (TPSA) is 38.3 Å². The number of allylic oxidation sites excluding steroid dienone is 3. The number of amides is 1. The molecular weight excluding hydrogens is 262 g/mol. The van der Waals surface area contributed by atoms with E-state index >= 15 is 0 Å². The number of carbonyl (C=O) groups is 1. The van der Waals surface area contributed by atoms with Gasteiger partial charge >= 0.3 is 0 Å². The molecule has 0 fully saturated rings. The summed E-state index contributed by atoms with van der Waals surface area (Å²) in [7, 11) is 0. The lowest BCUT2D eigenvalue weighted by molar-refractivity contribution is -0.126. The lowest BCUT2D eigenvalue weighted by Crippen LogP contribution is -2.35. The molecule has 1 aromatic rings. The van der Waals surface area contributed by atoms with E-state index in [9.17, 15) is 4.79 Å². The Morgan fingerprint density at radius 3 is 2.53 bits per heavy atom. The predicted octanol–water partition coefficient (Wildman–Crippen LogP) is 3.39. The number of halogens is 1. The van der Waals surface area contributed by atoms with E-state index in [1.807, 2.05) is 18.2 Å². The van der Waals surface area contributed by atoms with Crippen LogP contribution in [-0.2, 0) is 4.79 Å². The maximum Gasteiger partial charge on any atom is 0.265 e. The highest BCUT2D eigenvalue weighted by atomic mass is 35.5. The molecule has 4 heteroatoms. The van der Waals surface area contributed by atoms with Gasteiger partial charge in [0.1, 0.15) is 5.75 Å². The molecule has 1 rings (SSSR count). The maximum atomic E-state index is 11.8. The molecular formula is C15H16ClNO2. The highest BCUT2D eigenvalue weighted by Crippen LogP contribution is 2.11. The van der Waals surface area contributed by atoms with Crippen LogP contribution >= 0.6 is 11.6 Å². The van der Waals surface area contributed by atoms with Crippen molar-refractivity contribution in [3.8, 4) is 5.75 Å². The number of rotatable bonds is 6. The van der Waals surface area contributed by atoms with Gasteiger partial charge in [-0.25, -0.2) is 0 Å². The summed E-state index contributed by atoms with van der Waals surface area (Å²) in [5, 5.41) is 2.98. The van der Waals surface area contributed by atoms with E-state index in [0.29, 0.717) is 16.5 Å². The molecule has 1 amide bonds. The minimum Gasteiger partial charge on any atom is -0.481 e. The second-order valence-corrected chi connectivity index (χ2v) is 4.35. The quantitative estimate of drug-likeness (QED) is 0.810. The fraction of sp³-hybridized carbons (Fsp3) is 0.133. The van der Waals surface area contributed by atoms with Gasteiger partial charge in [-0.05, 0) is 31.2 Å². The van der Waals surface area contributed by atoms with Crippen molar-refractivity contribution in [2.24, 2.45) is 0 Å². The largest absolute Gasteiger partial charge is 0.481 e. The van der Waals surface area contributed by atoms with Crippen molar-refractivity contribution >= 4 is 17.5 Å². The molecule has 0 heterocycles. The molecule has 0 aliphatic rings. The molecule has 19 heavy (non-hydrogen) atoms. The first-order valence-electron chi connectivity index (χ1n) is 5.73. The summed E-state index contributed by atoms with van der Waals surface area (Å²) >= 11 is 5.57. The zero-order valence-electron chi connectivity index (χ0n) is 10.7. The molecule has 1 aromatic carbocycles. The molecule has 0 aliphatic heterocycles. The van der Waals surface area contributed by atoms with Crippen molar-refractivity contribution in [2.45, 2.75) is 13.0 Å². The van der Waals surface area contributed by atoms with E-state index in [2.05, 4.69) is 18.5 Å². The highest BCUT2D eigenvalue weighted by Gasteiger charge is 2.14.